The van der Waals surface area contributed by atoms with Crippen LogP contribution in [0.2, 0.25) is 0 Å². The maximum Gasteiger partial charge on any atom is 0.509 e. The third-order valence-electron chi connectivity index (χ3n) is 20.9. The molecule has 67 heteroatoms. The largest absolute Gasteiger partial charge is 0.512 e. The summed E-state index contributed by atoms with van der Waals surface area (Å²) in [5, 5.41) is 36.7. The van der Waals surface area contributed by atoms with Gasteiger partial charge in [0.25, 0.3) is 0 Å². The van der Waals surface area contributed by atoms with Gasteiger partial charge in [-0.05, 0) is 171 Å². The Morgan fingerprint density at radius 1 is 0.394 bits per heavy atom. The first kappa shape index (κ1) is 116. The van der Waals surface area contributed by atoms with Gasteiger partial charge < -0.3 is 56.9 Å². The van der Waals surface area contributed by atoms with Gasteiger partial charge >= 0.3 is 12.3 Å². The molecule has 38 unspecified atom stereocenters. The van der Waals surface area contributed by atoms with Gasteiger partial charge in [-0.1, -0.05) is 75.3 Å². The Bertz CT molecular complexity index is 3260. The van der Waals surface area contributed by atoms with Crippen molar-refractivity contribution in [2.75, 3.05) is 0 Å². The molecule has 4 fully saturated rings. The summed E-state index contributed by atoms with van der Waals surface area (Å²) in [6, 6.07) is 0. The lowest BCUT2D eigenvalue weighted by molar-refractivity contribution is -0.159. The van der Waals surface area contributed by atoms with Crippen molar-refractivity contribution in [3.63, 3.8) is 0 Å². The lowest BCUT2D eigenvalue weighted by Gasteiger charge is -2.60. The highest BCUT2D eigenvalue weighted by atomic mass is 33.3. The average molecular weight is 2480 g/mol. The van der Waals surface area contributed by atoms with Gasteiger partial charge in [0, 0.05) is 76.4 Å². The molecule has 8 rings (SSSR count). The predicted octanol–water partition coefficient (Wildman–Crippen LogP) is 37.3. The van der Waals surface area contributed by atoms with E-state index in [1.54, 1.807) is 0 Å². The van der Waals surface area contributed by atoms with Crippen LogP contribution < -0.4 is 0 Å². The molecule has 0 aromatic heterocycles. The fourth-order valence-corrected chi connectivity index (χ4v) is 373. The maximum absolute atomic E-state index is 14.0. The Morgan fingerprint density at radius 3 is 1.01 bits per heavy atom. The number of aliphatic hydroxyl groups is 3. The monoisotopic (exact) mass is 2480 g/mol. The van der Waals surface area contributed by atoms with Crippen LogP contribution in [-0.2, 0) is 41.6 Å². The maximum atomic E-state index is 14.0. The first-order valence-electron chi connectivity index (χ1n) is 31.9. The van der Waals surface area contributed by atoms with Crippen LogP contribution in [0.5, 0.6) is 0 Å². The Labute approximate surface area is 746 Å². The fraction of sp³-hybridized carbons (Fsp3) is 0.762. The minimum absolute atomic E-state index is 0.199. The molecule has 0 radical (unpaired) electrons. The number of hydrogen-bond acceptors (Lipinski definition) is 14. The van der Waals surface area contributed by atoms with Crippen molar-refractivity contribution in [2.24, 2.45) is 33.5 Å². The van der Waals surface area contributed by atoms with Crippen molar-refractivity contribution >= 4 is 442 Å². The first-order chi connectivity index (χ1) is 50.2. The molecule has 3 N–H and O–H groups in total. The van der Waals surface area contributed by atoms with Crippen molar-refractivity contribution in [1.82, 2.24) is 0 Å². The molecule has 52 atom stereocenters. The number of ether oxygens (including phenoxy) is 4. The van der Waals surface area contributed by atoms with Crippen LogP contribution in [0.25, 0.3) is 0 Å². The standard InChI is InChI=1S/C21H60O7P30.C21H53O7P23/c1-9-6-13(28-46(49(30)31)50(32)33)20(5)7-12(27-47(51(34)35)57(45-29)53(38)39)14-10(2)11(26-48(56(44)52(36)37)58(54(40)41)55(42)43)8-21(19(14,3)4)17(15(20)16(9)22)24-18(23)25-21;1-9-6-13(22)20(5)7-12(28-42(44(30)31)50(41-29)46(34)35)14-10(2)11(27-43(49(40)45(32)33)51(47(36)37)48(38)39)8-21(19(14,3)4)17(15(20)16(9)23)25-18(24)26-21/h11-13,15,17,22,45H,6-8,29-44H2,1-5H3;11-13,15,17,22-23,41H,6-8,29-40H2,1-5H3/t11-,12+,13-,15-,17-,20+,21+,47?,48?,56?,57?;11-,12+,13-,15-,17-,20+,21+,42?,43?,49?,50?/m00/s1. The molecular weight excluding hydrogens is 2370 g/mol. The van der Waals surface area contributed by atoms with E-state index < -0.39 is 238 Å². The van der Waals surface area contributed by atoms with Crippen LogP contribution in [-0.4, -0.2) is 87.7 Å². The molecule has 14 nitrogen and oxygen atoms in total. The fourth-order valence-electron chi connectivity index (χ4n) is 15.9. The summed E-state index contributed by atoms with van der Waals surface area (Å²) in [4.78, 5) is 27.6. The van der Waals surface area contributed by atoms with Crippen molar-refractivity contribution in [1.29, 1.82) is 0 Å². The molecule has 630 valence electrons. The SMILES string of the molecule is CC1=C(O)[C@H]2[C@@H]3OC(=O)O[C@]34C[C@H](OP(P(P)P(P)P)P(P(P)P)P(P)P)C(C)=C([C@H](OP(P(P)P)P(PP)P(P)P)C[C@]2(C)[C@@H](O)C1)C4(C)C.CC1=C(O)[C@H]2[C@@H]3OC(=O)O[C@]34C[C@H](OP(P(P)P(P)P)P(P(P)P)P(P)P)C(C)=C([C@H](OP(P(P)P)P(PP)P(P)P)C[C@]2(C)[C@@H](OP(P(P)P)P(P)P)C1)C4(C)C. The summed E-state index contributed by atoms with van der Waals surface area (Å²) < 4.78 is 64.3. The average Bonchev–Trinajstić information content (AvgIpc) is 1.65. The van der Waals surface area contributed by atoms with Crippen LogP contribution in [0.4, 0.5) is 9.59 Å². The second-order valence-corrected chi connectivity index (χ2v) is 218. The van der Waals surface area contributed by atoms with E-state index in [0.717, 1.165) is 22.3 Å². The molecule has 109 heavy (non-hydrogen) atoms. The number of hydrogen-bond donors (Lipinski definition) is 3. The molecule has 8 aliphatic rings. The van der Waals surface area contributed by atoms with Crippen molar-refractivity contribution in [3.05, 3.63) is 45.0 Å². The first-order valence-corrected chi connectivity index (χ1v) is 124. The topological polar surface area (TPSA) is 178 Å². The zero-order chi connectivity index (χ0) is 82.8. The third kappa shape index (κ3) is 26.5. The quantitative estimate of drug-likeness (QED) is 0.0351. The van der Waals surface area contributed by atoms with E-state index >= 15 is 0 Å². The summed E-state index contributed by atoms with van der Waals surface area (Å²) >= 11 is 0. The molecule has 2 heterocycles. The van der Waals surface area contributed by atoms with Gasteiger partial charge in [0.15, 0.2) is 23.4 Å². The zero-order valence-corrected chi connectivity index (χ0v) is 116. The summed E-state index contributed by atoms with van der Waals surface area (Å²) in [6.07, 6.45) is -2.53. The molecule has 0 amide bonds. The Hall–Kier alpha value is 19.6. The molecule has 2 saturated carbocycles. The summed E-state index contributed by atoms with van der Waals surface area (Å²) in [5.74, 6) is -0.751. The van der Waals surface area contributed by atoms with Gasteiger partial charge in [0.1, 0.15) is 0 Å². The highest BCUT2D eigenvalue weighted by molar-refractivity contribution is 9.21. The van der Waals surface area contributed by atoms with Gasteiger partial charge in [-0.3, -0.25) is 0 Å². The molecule has 2 saturated heterocycles. The highest BCUT2D eigenvalue weighted by Crippen LogP contribution is 3.20. The van der Waals surface area contributed by atoms with Crippen LogP contribution >= 0.6 is 429 Å². The number of rotatable bonds is 30. The van der Waals surface area contributed by atoms with Crippen LogP contribution in [0, 0.1) is 33.5 Å². The Kier molecular flexibility index (Phi) is 53.4. The molecular formula is C42H113O14P53. The van der Waals surface area contributed by atoms with Crippen LogP contribution in [0.3, 0.4) is 0 Å². The van der Waals surface area contributed by atoms with Crippen molar-refractivity contribution < 1.29 is 66.5 Å². The highest BCUT2D eigenvalue weighted by Gasteiger charge is 2.75. The van der Waals surface area contributed by atoms with Gasteiger partial charge in [-0.25, -0.2) is 9.59 Å². The van der Waals surface area contributed by atoms with E-state index in [4.69, 9.17) is 41.6 Å². The van der Waals surface area contributed by atoms with Crippen LogP contribution in [0.1, 0.15) is 108 Å². The van der Waals surface area contributed by atoms with E-state index in [0.29, 0.717) is 60.2 Å². The number of carbonyl (C=O) groups excluding carboxylic acids is 2. The smallest absolute Gasteiger partial charge is 0.509 e. The van der Waals surface area contributed by atoms with E-state index in [2.05, 4.69) is 305 Å². The number of carbonyl (C=O) groups is 2. The van der Waals surface area contributed by atoms with Crippen molar-refractivity contribution in [3.8, 4) is 0 Å². The van der Waals surface area contributed by atoms with Gasteiger partial charge in [0.2, 0.25) is 0 Å². The van der Waals surface area contributed by atoms with E-state index in [-0.39, 0.29) is 37.2 Å². The normalized spacial score (nSPS) is 33.7. The molecule has 2 spiro atoms. The third-order valence-corrected chi connectivity index (χ3v) is 279. The lowest BCUT2D eigenvalue weighted by Crippen LogP contribution is -2.66. The molecule has 0 aromatic carbocycles. The molecule has 6 aliphatic carbocycles. The number of aliphatic hydroxyl groups excluding tert-OH is 3. The second kappa shape index (κ2) is 50.4. The van der Waals surface area contributed by atoms with E-state index in [9.17, 15) is 24.9 Å². The Morgan fingerprint density at radius 2 is 0.706 bits per heavy atom. The van der Waals surface area contributed by atoms with E-state index in [1.807, 2.05) is 13.8 Å². The van der Waals surface area contributed by atoms with Gasteiger partial charge in [-0.2, -0.15) is 0 Å². The minimum Gasteiger partial charge on any atom is -0.512 e. The minimum atomic E-state index is -1.17. The van der Waals surface area contributed by atoms with Crippen LogP contribution in [0.15, 0.2) is 45.0 Å². The molecule has 0 aromatic rings. The van der Waals surface area contributed by atoms with E-state index in [1.165, 1.54) is 11.1 Å². The molecule has 4 bridgehead atoms. The van der Waals surface area contributed by atoms with Gasteiger partial charge in [-0.15, -0.1) is 232 Å². The Balaban J connectivity index is 0.000000306. The molecule has 2 aliphatic heterocycles. The summed E-state index contributed by atoms with van der Waals surface area (Å²) in [6.45, 7) is 13.0. The van der Waals surface area contributed by atoms with Gasteiger partial charge in [0.05, 0.1) is 97.6 Å². The number of fused-ring (bicyclic) bond motifs is 6. The van der Waals surface area contributed by atoms with Crippen molar-refractivity contribution in [2.45, 2.75) is 168 Å². The predicted molar refractivity (Wildman–Crippen MR) is 641 cm³/mol. The lowest BCUT2D eigenvalue weighted by atomic mass is 9.49. The summed E-state index contributed by atoms with van der Waals surface area (Å²) in [5.41, 5.74) is 0.926. The zero-order valence-electron chi connectivity index (χ0n) is 61.3. The second-order valence-electron chi connectivity index (χ2n) is 27.9. The summed E-state index contributed by atoms with van der Waals surface area (Å²) in [7, 11) is 83.6.